The highest BCUT2D eigenvalue weighted by Gasteiger charge is 2.36. The van der Waals surface area contributed by atoms with Gasteiger partial charge in [0.2, 0.25) is 0 Å². The van der Waals surface area contributed by atoms with Crippen LogP contribution in [0.3, 0.4) is 0 Å². The quantitative estimate of drug-likeness (QED) is 0.581. The van der Waals surface area contributed by atoms with Crippen LogP contribution in [0.2, 0.25) is 0 Å². The normalized spacial score (nSPS) is 22.3. The van der Waals surface area contributed by atoms with Crippen molar-refractivity contribution in [2.24, 2.45) is 0 Å². The van der Waals surface area contributed by atoms with Crippen LogP contribution >= 0.6 is 0 Å². The van der Waals surface area contributed by atoms with Crippen molar-refractivity contribution in [3.05, 3.63) is 77.9 Å². The smallest absolute Gasteiger partial charge is 0.253 e. The third kappa shape index (κ3) is 5.15. The highest BCUT2D eigenvalue weighted by Crippen LogP contribution is 2.36. The monoisotopic (exact) mass is 447 g/mol. The maximum atomic E-state index is 12.4. The van der Waals surface area contributed by atoms with E-state index >= 15 is 0 Å². The van der Waals surface area contributed by atoms with E-state index in [0.717, 1.165) is 30.9 Å². The Bertz CT molecular complexity index is 956. The highest BCUT2D eigenvalue weighted by atomic mass is 16.5. The highest BCUT2D eigenvalue weighted by molar-refractivity contribution is 5.93. The second-order valence-corrected chi connectivity index (χ2v) is 9.51. The first-order valence-electron chi connectivity index (χ1n) is 12.1. The van der Waals surface area contributed by atoms with Crippen LogP contribution in [0.4, 0.5) is 0 Å². The molecule has 1 amide bonds. The lowest BCUT2D eigenvalue weighted by Crippen LogP contribution is -2.48. The molecule has 0 saturated carbocycles. The summed E-state index contributed by atoms with van der Waals surface area (Å²) < 4.78 is 5.56. The minimum Gasteiger partial charge on any atom is -0.497 e. The van der Waals surface area contributed by atoms with Crippen LogP contribution in [0.1, 0.15) is 53.2 Å². The number of piperidine rings is 1. The lowest BCUT2D eigenvalue weighted by molar-refractivity contribution is 0.0827. The third-order valence-corrected chi connectivity index (χ3v) is 7.20. The Labute approximate surface area is 198 Å². The van der Waals surface area contributed by atoms with Crippen molar-refractivity contribution in [1.82, 2.24) is 14.7 Å². The van der Waals surface area contributed by atoms with Crippen LogP contribution in [0, 0.1) is 0 Å². The van der Waals surface area contributed by atoms with Crippen LogP contribution in [0.15, 0.2) is 61.2 Å². The molecule has 2 aliphatic heterocycles. The maximum Gasteiger partial charge on any atom is 0.253 e. The summed E-state index contributed by atoms with van der Waals surface area (Å²) in [4.78, 5) is 19.4. The molecule has 3 unspecified atom stereocenters. The van der Waals surface area contributed by atoms with Gasteiger partial charge in [0, 0.05) is 51.4 Å². The van der Waals surface area contributed by atoms with Crippen LogP contribution in [0.5, 0.6) is 5.75 Å². The van der Waals surface area contributed by atoms with E-state index in [1.54, 1.807) is 26.1 Å². The first kappa shape index (κ1) is 23.5. The average Bonchev–Trinajstić information content (AvgIpc) is 2.92. The van der Waals surface area contributed by atoms with Crippen molar-refractivity contribution in [3.63, 3.8) is 0 Å². The van der Waals surface area contributed by atoms with Gasteiger partial charge in [-0.2, -0.15) is 0 Å². The Kier molecular flexibility index (Phi) is 7.51. The van der Waals surface area contributed by atoms with Crippen LogP contribution in [0.25, 0.3) is 0 Å². The van der Waals surface area contributed by atoms with E-state index in [4.69, 9.17) is 4.74 Å². The van der Waals surface area contributed by atoms with Gasteiger partial charge in [0.05, 0.1) is 13.2 Å². The van der Waals surface area contributed by atoms with Crippen molar-refractivity contribution in [2.75, 3.05) is 40.8 Å². The minimum absolute atomic E-state index is 0.0307. The maximum absolute atomic E-state index is 12.4. The number of methoxy groups -OCH3 is 1. The number of carbonyl (C=O) groups excluding carboxylic acids is 1. The predicted octanol–water partition coefficient (Wildman–Crippen LogP) is 4.60. The molecule has 2 aromatic carbocycles. The Morgan fingerprint density at radius 2 is 1.88 bits per heavy atom. The lowest BCUT2D eigenvalue weighted by atomic mass is 9.94. The average molecular weight is 448 g/mol. The molecule has 5 nitrogen and oxygen atoms in total. The van der Waals surface area contributed by atoms with Crippen molar-refractivity contribution >= 4 is 5.91 Å². The number of ether oxygens (including phenoxy) is 1. The van der Waals surface area contributed by atoms with Gasteiger partial charge >= 0.3 is 0 Å². The lowest BCUT2D eigenvalue weighted by Gasteiger charge is -2.41. The molecule has 0 N–H and O–H groups in total. The third-order valence-electron chi connectivity index (χ3n) is 7.20. The molecule has 0 radical (unpaired) electrons. The molecule has 0 aromatic heterocycles. The standard InChI is InChI=1S/C28H37N3O2/c1-5-17-31-24-9-7-10-25(31)20-30(18-16-24)27(23-8-6-11-26(19-23)33-4)21-12-14-22(15-13-21)28(32)29(2)3/h5-6,8,11-15,19,24-25,27H,1,7,9-10,16-18,20H2,2-4H3. The molecule has 176 valence electrons. The van der Waals surface area contributed by atoms with Crippen molar-refractivity contribution in [1.29, 1.82) is 0 Å². The van der Waals surface area contributed by atoms with Gasteiger partial charge in [-0.15, -0.1) is 6.58 Å². The first-order chi connectivity index (χ1) is 16.0. The number of rotatable bonds is 7. The summed E-state index contributed by atoms with van der Waals surface area (Å²) in [5.74, 6) is 0.905. The van der Waals surface area contributed by atoms with E-state index in [1.807, 2.05) is 18.2 Å². The number of hydrogen-bond acceptors (Lipinski definition) is 4. The molecule has 2 heterocycles. The van der Waals surface area contributed by atoms with Gasteiger partial charge in [0.1, 0.15) is 5.75 Å². The topological polar surface area (TPSA) is 36.0 Å². The van der Waals surface area contributed by atoms with Crippen LogP contribution in [-0.4, -0.2) is 73.5 Å². The number of nitrogens with zero attached hydrogens (tertiary/aromatic N) is 3. The first-order valence-corrected chi connectivity index (χ1v) is 12.1. The second-order valence-electron chi connectivity index (χ2n) is 9.51. The van der Waals surface area contributed by atoms with Crippen molar-refractivity contribution in [2.45, 2.75) is 43.8 Å². The van der Waals surface area contributed by atoms with Gasteiger partial charge in [-0.1, -0.05) is 36.8 Å². The summed E-state index contributed by atoms with van der Waals surface area (Å²) in [6.07, 6.45) is 7.05. The summed E-state index contributed by atoms with van der Waals surface area (Å²) in [5.41, 5.74) is 3.16. The van der Waals surface area contributed by atoms with Gasteiger partial charge in [-0.05, 0) is 54.7 Å². The molecular weight excluding hydrogens is 410 g/mol. The molecule has 2 saturated heterocycles. The van der Waals surface area contributed by atoms with E-state index in [-0.39, 0.29) is 11.9 Å². The zero-order valence-corrected chi connectivity index (χ0v) is 20.2. The number of hydrogen-bond donors (Lipinski definition) is 0. The molecule has 2 fully saturated rings. The Balaban J connectivity index is 1.70. The fraction of sp³-hybridized carbons (Fsp3) is 0.464. The summed E-state index contributed by atoms with van der Waals surface area (Å²) in [6, 6.07) is 17.9. The Hall–Kier alpha value is -2.63. The fourth-order valence-electron chi connectivity index (χ4n) is 5.58. The summed E-state index contributed by atoms with van der Waals surface area (Å²) >= 11 is 0. The molecule has 2 bridgehead atoms. The number of benzene rings is 2. The number of carbonyl (C=O) groups is 1. The van der Waals surface area contributed by atoms with E-state index in [2.05, 4.69) is 52.8 Å². The van der Waals surface area contributed by atoms with Crippen molar-refractivity contribution in [3.8, 4) is 5.75 Å². The van der Waals surface area contributed by atoms with Gasteiger partial charge < -0.3 is 9.64 Å². The van der Waals surface area contributed by atoms with Gasteiger partial charge in [0.25, 0.3) is 5.91 Å². The predicted molar refractivity (Wildman–Crippen MR) is 134 cm³/mol. The van der Waals surface area contributed by atoms with Crippen molar-refractivity contribution < 1.29 is 9.53 Å². The molecule has 2 aromatic rings. The zero-order valence-electron chi connectivity index (χ0n) is 20.2. The van der Waals surface area contributed by atoms with E-state index < -0.39 is 0 Å². The largest absolute Gasteiger partial charge is 0.497 e. The number of amides is 1. The van der Waals surface area contributed by atoms with Gasteiger partial charge in [0.15, 0.2) is 0 Å². The SMILES string of the molecule is C=CCN1C2CCCC1CN(C(c1ccc(C(=O)N(C)C)cc1)c1cccc(OC)c1)CC2. The zero-order chi connectivity index (χ0) is 23.4. The van der Waals surface area contributed by atoms with Gasteiger partial charge in [-0.3, -0.25) is 14.6 Å². The van der Waals surface area contributed by atoms with E-state index in [9.17, 15) is 4.79 Å². The fourth-order valence-corrected chi connectivity index (χ4v) is 5.58. The van der Waals surface area contributed by atoms with E-state index in [0.29, 0.717) is 12.1 Å². The Morgan fingerprint density at radius 1 is 1.12 bits per heavy atom. The molecule has 4 rings (SSSR count). The molecule has 5 heteroatoms. The summed E-state index contributed by atoms with van der Waals surface area (Å²) in [6.45, 7) is 7.07. The summed E-state index contributed by atoms with van der Waals surface area (Å²) in [5, 5.41) is 0. The molecular formula is C28H37N3O2. The number of fused-ring (bicyclic) bond motifs is 2. The second kappa shape index (κ2) is 10.5. The van der Waals surface area contributed by atoms with E-state index in [1.165, 1.54) is 36.8 Å². The molecule has 2 aliphatic rings. The molecule has 33 heavy (non-hydrogen) atoms. The molecule has 0 aliphatic carbocycles. The minimum atomic E-state index is 0.0307. The van der Waals surface area contributed by atoms with Gasteiger partial charge in [-0.25, -0.2) is 0 Å². The molecule has 3 atom stereocenters. The van der Waals surface area contributed by atoms with Crippen LogP contribution in [-0.2, 0) is 0 Å². The molecule has 0 spiro atoms. The summed E-state index contributed by atoms with van der Waals surface area (Å²) in [7, 11) is 5.30. The Morgan fingerprint density at radius 3 is 2.58 bits per heavy atom. The van der Waals surface area contributed by atoms with Crippen LogP contribution < -0.4 is 4.74 Å².